The SMILES string of the molecule is CN(C)c1cccc(C(=O)NCCNC(=O)c2ccccc2)c1. The molecule has 2 N–H and O–H groups in total. The van der Waals surface area contributed by atoms with Crippen LogP contribution in [0.15, 0.2) is 54.6 Å². The van der Waals surface area contributed by atoms with Crippen LogP contribution in [0.4, 0.5) is 5.69 Å². The highest BCUT2D eigenvalue weighted by Gasteiger charge is 2.07. The van der Waals surface area contributed by atoms with Gasteiger partial charge in [0.05, 0.1) is 0 Å². The number of carbonyl (C=O) groups excluding carboxylic acids is 2. The van der Waals surface area contributed by atoms with Gasteiger partial charge in [-0.25, -0.2) is 0 Å². The summed E-state index contributed by atoms with van der Waals surface area (Å²) in [4.78, 5) is 25.9. The molecule has 0 heterocycles. The van der Waals surface area contributed by atoms with E-state index in [0.717, 1.165) is 5.69 Å². The number of nitrogens with zero attached hydrogens (tertiary/aromatic N) is 1. The van der Waals surface area contributed by atoms with Gasteiger partial charge in [0.1, 0.15) is 0 Å². The van der Waals surface area contributed by atoms with Crippen LogP contribution in [0.1, 0.15) is 20.7 Å². The summed E-state index contributed by atoms with van der Waals surface area (Å²) >= 11 is 0. The van der Waals surface area contributed by atoms with Crippen molar-refractivity contribution in [3.63, 3.8) is 0 Å². The first-order valence-electron chi connectivity index (χ1n) is 7.47. The van der Waals surface area contributed by atoms with E-state index in [1.807, 2.05) is 55.4 Å². The lowest BCUT2D eigenvalue weighted by atomic mass is 10.2. The quantitative estimate of drug-likeness (QED) is 0.801. The van der Waals surface area contributed by atoms with Gasteiger partial charge in [0.15, 0.2) is 0 Å². The minimum Gasteiger partial charge on any atom is -0.378 e. The summed E-state index contributed by atoms with van der Waals surface area (Å²) in [6, 6.07) is 16.4. The Labute approximate surface area is 136 Å². The molecule has 2 rings (SSSR count). The fourth-order valence-corrected chi connectivity index (χ4v) is 2.07. The Morgan fingerprint density at radius 2 is 1.39 bits per heavy atom. The number of hydrogen-bond acceptors (Lipinski definition) is 3. The highest BCUT2D eigenvalue weighted by atomic mass is 16.2. The van der Waals surface area contributed by atoms with Crippen LogP contribution in [0.2, 0.25) is 0 Å². The summed E-state index contributed by atoms with van der Waals surface area (Å²) in [6.07, 6.45) is 0. The van der Waals surface area contributed by atoms with Crippen LogP contribution in [0.3, 0.4) is 0 Å². The van der Waals surface area contributed by atoms with Crippen LogP contribution in [0.5, 0.6) is 0 Å². The molecule has 5 nitrogen and oxygen atoms in total. The Kier molecular flexibility index (Phi) is 5.74. The van der Waals surface area contributed by atoms with E-state index in [0.29, 0.717) is 24.2 Å². The van der Waals surface area contributed by atoms with Crippen molar-refractivity contribution < 1.29 is 9.59 Å². The van der Waals surface area contributed by atoms with Gasteiger partial charge in [-0.2, -0.15) is 0 Å². The maximum Gasteiger partial charge on any atom is 0.251 e. The van der Waals surface area contributed by atoms with Crippen molar-refractivity contribution >= 4 is 17.5 Å². The first kappa shape index (κ1) is 16.5. The van der Waals surface area contributed by atoms with Crippen molar-refractivity contribution in [3.8, 4) is 0 Å². The summed E-state index contributed by atoms with van der Waals surface area (Å²) in [7, 11) is 3.85. The van der Waals surface area contributed by atoms with E-state index in [1.54, 1.807) is 18.2 Å². The lowest BCUT2D eigenvalue weighted by Gasteiger charge is -2.13. The van der Waals surface area contributed by atoms with Crippen molar-refractivity contribution in [2.75, 3.05) is 32.1 Å². The molecule has 2 aromatic carbocycles. The van der Waals surface area contributed by atoms with Gasteiger partial charge in [-0.3, -0.25) is 9.59 Å². The highest BCUT2D eigenvalue weighted by molar-refractivity contribution is 5.95. The molecule has 0 spiro atoms. The van der Waals surface area contributed by atoms with Gasteiger partial charge in [-0.1, -0.05) is 24.3 Å². The first-order valence-corrected chi connectivity index (χ1v) is 7.47. The number of carbonyl (C=O) groups is 2. The molecule has 5 heteroatoms. The number of rotatable bonds is 6. The highest BCUT2D eigenvalue weighted by Crippen LogP contribution is 2.13. The second kappa shape index (κ2) is 7.98. The molecule has 0 saturated carbocycles. The molecule has 0 saturated heterocycles. The monoisotopic (exact) mass is 311 g/mol. The molecule has 0 bridgehead atoms. The van der Waals surface area contributed by atoms with Crippen LogP contribution in [0, 0.1) is 0 Å². The van der Waals surface area contributed by atoms with Crippen LogP contribution in [-0.4, -0.2) is 39.0 Å². The molecular formula is C18H21N3O2. The van der Waals surface area contributed by atoms with Crippen LogP contribution in [-0.2, 0) is 0 Å². The van der Waals surface area contributed by atoms with Gasteiger partial charge in [-0.05, 0) is 30.3 Å². The number of nitrogens with one attached hydrogen (secondary N) is 2. The molecular weight excluding hydrogens is 290 g/mol. The van der Waals surface area contributed by atoms with Crippen LogP contribution in [0.25, 0.3) is 0 Å². The molecule has 0 unspecified atom stereocenters. The number of amides is 2. The zero-order chi connectivity index (χ0) is 16.7. The molecule has 0 atom stereocenters. The number of anilines is 1. The molecule has 0 aliphatic rings. The van der Waals surface area contributed by atoms with Crippen molar-refractivity contribution in [3.05, 3.63) is 65.7 Å². The summed E-state index contributed by atoms with van der Waals surface area (Å²) in [6.45, 7) is 0.760. The average molecular weight is 311 g/mol. The first-order chi connectivity index (χ1) is 11.1. The predicted octanol–water partition coefficient (Wildman–Crippen LogP) is 1.91. The Bertz CT molecular complexity index is 669. The molecule has 0 aliphatic heterocycles. The third-order valence-electron chi connectivity index (χ3n) is 3.36. The number of hydrogen-bond donors (Lipinski definition) is 2. The van der Waals surface area contributed by atoms with Gasteiger partial charge in [0, 0.05) is 44.0 Å². The fourth-order valence-electron chi connectivity index (χ4n) is 2.07. The average Bonchev–Trinajstić information content (AvgIpc) is 2.59. The van der Waals surface area contributed by atoms with E-state index in [9.17, 15) is 9.59 Å². The molecule has 0 aliphatic carbocycles. The van der Waals surface area contributed by atoms with Crippen molar-refractivity contribution in [2.24, 2.45) is 0 Å². The lowest BCUT2D eigenvalue weighted by Crippen LogP contribution is -2.34. The molecule has 120 valence electrons. The largest absolute Gasteiger partial charge is 0.378 e. The fraction of sp³-hybridized carbons (Fsp3) is 0.222. The second-order valence-corrected chi connectivity index (χ2v) is 5.32. The van der Waals surface area contributed by atoms with E-state index in [4.69, 9.17) is 0 Å². The van der Waals surface area contributed by atoms with Crippen LogP contribution < -0.4 is 15.5 Å². The Balaban J connectivity index is 1.79. The molecule has 0 radical (unpaired) electrons. The zero-order valence-corrected chi connectivity index (χ0v) is 13.4. The maximum absolute atomic E-state index is 12.1. The summed E-state index contributed by atoms with van der Waals surface area (Å²) < 4.78 is 0. The summed E-state index contributed by atoms with van der Waals surface area (Å²) in [5.41, 5.74) is 2.18. The van der Waals surface area contributed by atoms with Gasteiger partial charge in [0.2, 0.25) is 0 Å². The summed E-state index contributed by atoms with van der Waals surface area (Å²) in [5, 5.41) is 5.57. The van der Waals surface area contributed by atoms with Gasteiger partial charge in [0.25, 0.3) is 11.8 Å². The Hall–Kier alpha value is -2.82. The minimum absolute atomic E-state index is 0.144. The second-order valence-electron chi connectivity index (χ2n) is 5.32. The van der Waals surface area contributed by atoms with E-state index in [-0.39, 0.29) is 11.8 Å². The van der Waals surface area contributed by atoms with E-state index in [2.05, 4.69) is 10.6 Å². The van der Waals surface area contributed by atoms with E-state index >= 15 is 0 Å². The van der Waals surface area contributed by atoms with E-state index in [1.165, 1.54) is 0 Å². The normalized spacial score (nSPS) is 10.0. The molecule has 2 aromatic rings. The summed E-state index contributed by atoms with van der Waals surface area (Å²) in [5.74, 6) is -0.294. The van der Waals surface area contributed by atoms with Crippen molar-refractivity contribution in [1.29, 1.82) is 0 Å². The maximum atomic E-state index is 12.1. The lowest BCUT2D eigenvalue weighted by molar-refractivity contribution is 0.0927. The van der Waals surface area contributed by atoms with Crippen molar-refractivity contribution in [1.82, 2.24) is 10.6 Å². The van der Waals surface area contributed by atoms with E-state index < -0.39 is 0 Å². The number of benzene rings is 2. The third kappa shape index (κ3) is 4.85. The van der Waals surface area contributed by atoms with Crippen LogP contribution >= 0.6 is 0 Å². The predicted molar refractivity (Wildman–Crippen MR) is 91.9 cm³/mol. The minimum atomic E-state index is -0.150. The molecule has 0 fully saturated rings. The van der Waals surface area contributed by atoms with Gasteiger partial charge >= 0.3 is 0 Å². The Morgan fingerprint density at radius 1 is 0.826 bits per heavy atom. The third-order valence-corrected chi connectivity index (χ3v) is 3.36. The van der Waals surface area contributed by atoms with Crippen molar-refractivity contribution in [2.45, 2.75) is 0 Å². The smallest absolute Gasteiger partial charge is 0.251 e. The zero-order valence-electron chi connectivity index (χ0n) is 13.4. The molecule has 2 amide bonds. The Morgan fingerprint density at radius 3 is 2.00 bits per heavy atom. The molecule has 0 aromatic heterocycles. The topological polar surface area (TPSA) is 61.4 Å². The molecule has 23 heavy (non-hydrogen) atoms. The standard InChI is InChI=1S/C18H21N3O2/c1-21(2)16-10-6-9-15(13-16)18(23)20-12-11-19-17(22)14-7-4-3-5-8-14/h3-10,13H,11-12H2,1-2H3,(H,19,22)(H,20,23). The van der Waals surface area contributed by atoms with Gasteiger partial charge < -0.3 is 15.5 Å². The van der Waals surface area contributed by atoms with Gasteiger partial charge in [-0.15, -0.1) is 0 Å².